The number of aromatic nitrogens is 3. The van der Waals surface area contributed by atoms with Gasteiger partial charge in [0.15, 0.2) is 0 Å². The predicted molar refractivity (Wildman–Crippen MR) is 245 cm³/mol. The Morgan fingerprint density at radius 1 is 0.672 bits per heavy atom. The maximum atomic E-state index is 12.6. The number of rotatable bonds is 7. The van der Waals surface area contributed by atoms with Crippen LogP contribution in [0.2, 0.25) is 0 Å². The third-order valence-corrected chi connectivity index (χ3v) is 10.9. The van der Waals surface area contributed by atoms with Crippen LogP contribution in [0.1, 0.15) is 60.3 Å². The Morgan fingerprint density at radius 3 is 2.03 bits per heavy atom. The van der Waals surface area contributed by atoms with E-state index in [2.05, 4.69) is 122 Å². The molecule has 0 aliphatic carbocycles. The van der Waals surface area contributed by atoms with Gasteiger partial charge in [-0.2, -0.15) is 0 Å². The fourth-order valence-corrected chi connectivity index (χ4v) is 7.89. The van der Waals surface area contributed by atoms with Gasteiger partial charge in [-0.1, -0.05) is 130 Å². The quantitative estimate of drug-likeness (QED) is 0.150. The molecule has 61 heavy (non-hydrogen) atoms. The van der Waals surface area contributed by atoms with E-state index in [0.29, 0.717) is 11.2 Å². The van der Waals surface area contributed by atoms with Crippen molar-refractivity contribution in [3.8, 4) is 50.6 Å². The molecule has 3 heterocycles. The van der Waals surface area contributed by atoms with Crippen LogP contribution in [0, 0.1) is 24.8 Å². The minimum Gasteiger partial charge on any atom is -0.501 e. The molecule has 6 heteroatoms. The Bertz CT molecular complexity index is 3190. The van der Waals surface area contributed by atoms with E-state index in [1.54, 1.807) is 24.4 Å². The zero-order valence-corrected chi connectivity index (χ0v) is 36.6. The molecular formula is C55H44FIrN3O-2. The van der Waals surface area contributed by atoms with E-state index in [1.165, 1.54) is 45.5 Å². The van der Waals surface area contributed by atoms with Crippen molar-refractivity contribution < 1.29 is 33.0 Å². The Balaban J connectivity index is 0.000000343. The summed E-state index contributed by atoms with van der Waals surface area (Å²) in [6.45, 7) is 6.77. The summed E-state index contributed by atoms with van der Waals surface area (Å²) in [5.41, 5.74) is 14.0. The third kappa shape index (κ3) is 8.22. The minimum atomic E-state index is -2.23. The van der Waals surface area contributed by atoms with Crippen LogP contribution in [0.15, 0.2) is 168 Å². The van der Waals surface area contributed by atoms with Crippen molar-refractivity contribution in [3.05, 3.63) is 199 Å². The standard InChI is InChI=1S/C44H37N2O.C11H7FN.Ir/c1-27(2)37-25-33(32-21-19-31(20-22-32)30-12-7-6-8-13-30)26-38(28(3)4)42(37)46-40-17-10-9-16-39(40)45-44(46)36-15-11-14-35-34-23-18-29(5)24-41(34)47-43(35)36;12-10-6-4-9(5-7-10)11-3-1-2-8-13-11;/h6-14,16-28H,1-5H3;1-4,6-8H;/q2*-1;/i5D3;;. The van der Waals surface area contributed by atoms with Crippen LogP contribution < -0.4 is 0 Å². The van der Waals surface area contributed by atoms with Crippen molar-refractivity contribution in [3.63, 3.8) is 0 Å². The van der Waals surface area contributed by atoms with Crippen molar-refractivity contribution in [2.75, 3.05) is 0 Å². The number of para-hydroxylation sites is 2. The van der Waals surface area contributed by atoms with E-state index >= 15 is 0 Å². The summed E-state index contributed by atoms with van der Waals surface area (Å²) >= 11 is 0. The van der Waals surface area contributed by atoms with Crippen molar-refractivity contribution in [2.45, 2.75) is 46.4 Å². The second-order valence-electron chi connectivity index (χ2n) is 15.6. The molecule has 0 saturated carbocycles. The first-order valence-electron chi connectivity index (χ1n) is 21.7. The number of imidazole rings is 1. The summed E-state index contributed by atoms with van der Waals surface area (Å²) in [6, 6.07) is 57.5. The number of hydrogen-bond acceptors (Lipinski definition) is 3. The van der Waals surface area contributed by atoms with Gasteiger partial charge in [0, 0.05) is 47.3 Å². The van der Waals surface area contributed by atoms with E-state index in [9.17, 15) is 4.39 Å². The van der Waals surface area contributed by atoms with Crippen molar-refractivity contribution in [1.82, 2.24) is 14.5 Å². The molecule has 0 atom stereocenters. The normalized spacial score (nSPS) is 12.2. The molecule has 0 amide bonds. The van der Waals surface area contributed by atoms with Gasteiger partial charge >= 0.3 is 0 Å². The van der Waals surface area contributed by atoms with Crippen molar-refractivity contribution in [2.24, 2.45) is 0 Å². The second kappa shape index (κ2) is 17.6. The van der Waals surface area contributed by atoms with Gasteiger partial charge in [-0.25, -0.2) is 0 Å². The molecule has 7 aromatic carbocycles. The maximum absolute atomic E-state index is 12.6. The topological polar surface area (TPSA) is 43.9 Å². The number of benzene rings is 7. The summed E-state index contributed by atoms with van der Waals surface area (Å²) < 4.78 is 45.2. The third-order valence-electron chi connectivity index (χ3n) is 10.9. The number of furan rings is 1. The molecule has 303 valence electrons. The van der Waals surface area contributed by atoms with E-state index in [0.717, 1.165) is 50.1 Å². The predicted octanol–water partition coefficient (Wildman–Crippen LogP) is 15.0. The molecule has 0 bridgehead atoms. The zero-order chi connectivity index (χ0) is 43.8. The first-order chi connectivity index (χ1) is 30.4. The largest absolute Gasteiger partial charge is 0.501 e. The fraction of sp³-hybridized carbons (Fsp3) is 0.127. The van der Waals surface area contributed by atoms with Gasteiger partial charge in [0.25, 0.3) is 0 Å². The maximum Gasteiger partial charge on any atom is 0.121 e. The number of halogens is 1. The zero-order valence-electron chi connectivity index (χ0n) is 37.2. The molecule has 10 rings (SSSR count). The molecule has 0 N–H and O–H groups in total. The van der Waals surface area contributed by atoms with Crippen LogP contribution in [0.3, 0.4) is 0 Å². The Morgan fingerprint density at radius 2 is 1.36 bits per heavy atom. The molecule has 0 spiro atoms. The van der Waals surface area contributed by atoms with E-state index < -0.39 is 6.85 Å². The van der Waals surface area contributed by atoms with Gasteiger partial charge < -0.3 is 14.0 Å². The molecule has 0 aliphatic heterocycles. The van der Waals surface area contributed by atoms with E-state index in [1.807, 2.05) is 54.6 Å². The molecule has 0 unspecified atom stereocenters. The van der Waals surface area contributed by atoms with Crippen LogP contribution in [0.4, 0.5) is 4.39 Å². The molecule has 1 radical (unpaired) electrons. The first kappa shape index (κ1) is 37.5. The monoisotopic (exact) mass is 977 g/mol. The average molecular weight is 977 g/mol. The Kier molecular flexibility index (Phi) is 10.9. The van der Waals surface area contributed by atoms with Crippen LogP contribution in [-0.4, -0.2) is 14.5 Å². The molecule has 3 aromatic heterocycles. The van der Waals surface area contributed by atoms with E-state index in [-0.39, 0.29) is 43.3 Å². The summed E-state index contributed by atoms with van der Waals surface area (Å²) in [6.07, 6.45) is 1.70. The Labute approximate surface area is 374 Å². The van der Waals surface area contributed by atoms with Crippen molar-refractivity contribution >= 4 is 33.0 Å². The van der Waals surface area contributed by atoms with Crippen molar-refractivity contribution in [1.29, 1.82) is 0 Å². The number of nitrogens with zero attached hydrogens (tertiary/aromatic N) is 3. The van der Waals surface area contributed by atoms with Gasteiger partial charge in [-0.15, -0.1) is 48.0 Å². The van der Waals surface area contributed by atoms with Gasteiger partial charge in [0.05, 0.1) is 22.4 Å². The number of aryl methyl sites for hydroxylation is 1. The van der Waals surface area contributed by atoms with Crippen LogP contribution in [0.5, 0.6) is 0 Å². The fourth-order valence-electron chi connectivity index (χ4n) is 7.89. The summed E-state index contributed by atoms with van der Waals surface area (Å²) in [5, 5.41) is 1.76. The summed E-state index contributed by atoms with van der Waals surface area (Å²) in [7, 11) is 0. The second-order valence-corrected chi connectivity index (χ2v) is 15.6. The molecule has 4 nitrogen and oxygen atoms in total. The Hall–Kier alpha value is -6.46. The number of pyridine rings is 1. The average Bonchev–Trinajstić information content (AvgIpc) is 3.88. The van der Waals surface area contributed by atoms with Gasteiger partial charge in [0.1, 0.15) is 5.58 Å². The first-order valence-corrected chi connectivity index (χ1v) is 20.2. The van der Waals surface area contributed by atoms with Crippen LogP contribution >= 0.6 is 0 Å². The minimum absolute atomic E-state index is 0. The molecule has 0 aliphatic rings. The molecule has 0 saturated heterocycles. The smallest absolute Gasteiger partial charge is 0.121 e. The molecule has 0 fully saturated rings. The van der Waals surface area contributed by atoms with Gasteiger partial charge in [-0.05, 0) is 99.7 Å². The van der Waals surface area contributed by atoms with Crippen LogP contribution in [-0.2, 0) is 20.1 Å². The number of hydrogen-bond donors (Lipinski definition) is 0. The van der Waals surface area contributed by atoms with E-state index in [4.69, 9.17) is 13.5 Å². The number of fused-ring (bicyclic) bond motifs is 4. The van der Waals surface area contributed by atoms with Crippen LogP contribution in [0.25, 0.3) is 83.6 Å². The summed E-state index contributed by atoms with van der Waals surface area (Å²) in [4.78, 5) is 9.36. The van der Waals surface area contributed by atoms with Gasteiger partial charge in [0.2, 0.25) is 0 Å². The van der Waals surface area contributed by atoms with Gasteiger partial charge in [-0.3, -0.25) is 9.37 Å². The molecule has 10 aromatic rings. The SMILES string of the molecule is Fc1c[c-]c(-c2ccccn2)cc1.[2H]C([2H])([2H])c1ccc2c(c1)oc1c(-c3nc4ccccc4n3-c3c(C(C)C)cc(-c4ccc(-c5ccccc5)cc4)cc3C(C)C)[c-]ccc12.[Ir]. The molecular weight excluding hydrogens is 930 g/mol. The summed E-state index contributed by atoms with van der Waals surface area (Å²) in [5.74, 6) is 0.879.